The Hall–Kier alpha value is -1.19. The molecule has 0 aliphatic rings. The third-order valence-corrected chi connectivity index (χ3v) is 4.04. The lowest BCUT2D eigenvalue weighted by Crippen LogP contribution is -2.24. The molecule has 2 aromatic rings. The van der Waals surface area contributed by atoms with Crippen LogP contribution in [0.4, 0.5) is 0 Å². The molecule has 18 heavy (non-hydrogen) atoms. The molecule has 0 bridgehead atoms. The molecule has 2 aromatic heterocycles. The summed E-state index contributed by atoms with van der Waals surface area (Å²) in [5.41, 5.74) is 3.97. The second-order valence-electron chi connectivity index (χ2n) is 4.55. The fourth-order valence-electron chi connectivity index (χ4n) is 2.18. The van der Waals surface area contributed by atoms with Gasteiger partial charge in [-0.05, 0) is 61.0 Å². The highest BCUT2D eigenvalue weighted by molar-refractivity contribution is 7.10. The molecule has 3 heteroatoms. The van der Waals surface area contributed by atoms with Crippen molar-refractivity contribution in [3.05, 3.63) is 51.5 Å². The first-order valence-electron chi connectivity index (χ1n) is 6.42. The molecule has 0 aliphatic heterocycles. The molecule has 1 atom stereocenters. The molecule has 1 unspecified atom stereocenters. The van der Waals surface area contributed by atoms with Crippen LogP contribution < -0.4 is 5.32 Å². The summed E-state index contributed by atoms with van der Waals surface area (Å²) in [6.07, 6.45) is 4.96. The Balaban J connectivity index is 2.37. The Morgan fingerprint density at radius 2 is 2.11 bits per heavy atom. The molecule has 2 nitrogen and oxygen atoms in total. The zero-order valence-electron chi connectivity index (χ0n) is 11.2. The SMILES string of the molecule is CCCNC(c1ccncc1C)c1ccsc1C. The minimum absolute atomic E-state index is 0.291. The van der Waals surface area contributed by atoms with Crippen LogP contribution in [0.2, 0.25) is 0 Å². The third-order valence-electron chi connectivity index (χ3n) is 3.18. The summed E-state index contributed by atoms with van der Waals surface area (Å²) < 4.78 is 0. The maximum Gasteiger partial charge on any atom is 0.0591 e. The number of hydrogen-bond acceptors (Lipinski definition) is 3. The van der Waals surface area contributed by atoms with E-state index in [0.717, 1.165) is 13.0 Å². The Kier molecular flexibility index (Phi) is 4.50. The van der Waals surface area contributed by atoms with E-state index >= 15 is 0 Å². The van der Waals surface area contributed by atoms with Gasteiger partial charge in [0.2, 0.25) is 0 Å². The molecule has 96 valence electrons. The molecule has 0 radical (unpaired) electrons. The molecule has 0 saturated heterocycles. The van der Waals surface area contributed by atoms with Crippen LogP contribution >= 0.6 is 11.3 Å². The van der Waals surface area contributed by atoms with Gasteiger partial charge in [-0.1, -0.05) is 6.92 Å². The maximum absolute atomic E-state index is 4.19. The van der Waals surface area contributed by atoms with Crippen LogP contribution in [0.25, 0.3) is 0 Å². The van der Waals surface area contributed by atoms with Crippen LogP contribution in [0.1, 0.15) is 41.0 Å². The molecule has 1 N–H and O–H groups in total. The van der Waals surface area contributed by atoms with Crippen LogP contribution in [-0.4, -0.2) is 11.5 Å². The van der Waals surface area contributed by atoms with Crippen molar-refractivity contribution in [1.82, 2.24) is 10.3 Å². The molecule has 0 aliphatic carbocycles. The van der Waals surface area contributed by atoms with Gasteiger partial charge in [0.1, 0.15) is 0 Å². The Morgan fingerprint density at radius 1 is 1.28 bits per heavy atom. The summed E-state index contributed by atoms with van der Waals surface area (Å²) in [5.74, 6) is 0. The van der Waals surface area contributed by atoms with E-state index < -0.39 is 0 Å². The molecule has 0 aromatic carbocycles. The highest BCUT2D eigenvalue weighted by Gasteiger charge is 2.17. The number of aromatic nitrogens is 1. The van der Waals surface area contributed by atoms with Crippen molar-refractivity contribution in [3.63, 3.8) is 0 Å². The highest BCUT2D eigenvalue weighted by Crippen LogP contribution is 2.29. The normalized spacial score (nSPS) is 12.6. The van der Waals surface area contributed by atoms with Crippen LogP contribution in [0.5, 0.6) is 0 Å². The Bertz CT molecular complexity index is 505. The smallest absolute Gasteiger partial charge is 0.0591 e. The average molecular weight is 260 g/mol. The topological polar surface area (TPSA) is 24.9 Å². The van der Waals surface area contributed by atoms with Gasteiger partial charge in [-0.3, -0.25) is 4.98 Å². The quantitative estimate of drug-likeness (QED) is 0.883. The van der Waals surface area contributed by atoms with Crippen LogP contribution in [0.15, 0.2) is 29.9 Å². The standard InChI is InChI=1S/C15H20N2S/c1-4-7-17-15(14-6-9-18-12(14)3)13-5-8-16-10-11(13)2/h5-6,8-10,15,17H,4,7H2,1-3H3. The monoisotopic (exact) mass is 260 g/mol. The van der Waals surface area contributed by atoms with Crippen LogP contribution in [0, 0.1) is 13.8 Å². The Labute approximate surface area is 113 Å². The number of rotatable bonds is 5. The molecular weight excluding hydrogens is 240 g/mol. The first-order valence-corrected chi connectivity index (χ1v) is 7.30. The van der Waals surface area contributed by atoms with Gasteiger partial charge in [0.25, 0.3) is 0 Å². The highest BCUT2D eigenvalue weighted by atomic mass is 32.1. The summed E-state index contributed by atoms with van der Waals surface area (Å²) >= 11 is 1.81. The van der Waals surface area contributed by atoms with Gasteiger partial charge in [-0.15, -0.1) is 11.3 Å². The predicted octanol–water partition coefficient (Wildman–Crippen LogP) is 3.85. The van der Waals surface area contributed by atoms with E-state index in [1.165, 1.54) is 21.6 Å². The van der Waals surface area contributed by atoms with E-state index in [2.05, 4.69) is 48.6 Å². The second-order valence-corrected chi connectivity index (χ2v) is 5.67. The van der Waals surface area contributed by atoms with Gasteiger partial charge < -0.3 is 5.32 Å². The van der Waals surface area contributed by atoms with Gasteiger partial charge in [0.05, 0.1) is 6.04 Å². The summed E-state index contributed by atoms with van der Waals surface area (Å²) in [6.45, 7) is 7.55. The zero-order valence-corrected chi connectivity index (χ0v) is 12.1. The maximum atomic E-state index is 4.19. The summed E-state index contributed by atoms with van der Waals surface area (Å²) in [7, 11) is 0. The summed E-state index contributed by atoms with van der Waals surface area (Å²) in [6, 6.07) is 4.65. The van der Waals surface area contributed by atoms with Gasteiger partial charge in [0, 0.05) is 17.3 Å². The zero-order chi connectivity index (χ0) is 13.0. The van der Waals surface area contributed by atoms with Crippen molar-refractivity contribution in [2.24, 2.45) is 0 Å². The molecule has 0 saturated carbocycles. The lowest BCUT2D eigenvalue weighted by molar-refractivity contribution is 0.595. The second kappa shape index (κ2) is 6.12. The Morgan fingerprint density at radius 3 is 2.72 bits per heavy atom. The summed E-state index contributed by atoms with van der Waals surface area (Å²) in [5, 5.41) is 5.82. The minimum Gasteiger partial charge on any atom is -0.306 e. The lowest BCUT2D eigenvalue weighted by atomic mass is 9.97. The number of aryl methyl sites for hydroxylation is 2. The van der Waals surface area contributed by atoms with Gasteiger partial charge in [-0.25, -0.2) is 0 Å². The van der Waals surface area contributed by atoms with Crippen molar-refractivity contribution in [2.45, 2.75) is 33.2 Å². The predicted molar refractivity (Wildman–Crippen MR) is 78.2 cm³/mol. The summed E-state index contributed by atoms with van der Waals surface area (Å²) in [4.78, 5) is 5.57. The van der Waals surface area contributed by atoms with Gasteiger partial charge >= 0.3 is 0 Å². The van der Waals surface area contributed by atoms with Crippen molar-refractivity contribution in [2.75, 3.05) is 6.54 Å². The van der Waals surface area contributed by atoms with Crippen molar-refractivity contribution in [1.29, 1.82) is 0 Å². The van der Waals surface area contributed by atoms with E-state index in [4.69, 9.17) is 0 Å². The van der Waals surface area contributed by atoms with Gasteiger partial charge in [0.15, 0.2) is 0 Å². The molecule has 2 rings (SSSR count). The number of nitrogens with one attached hydrogen (secondary N) is 1. The van der Waals surface area contributed by atoms with Crippen molar-refractivity contribution < 1.29 is 0 Å². The van der Waals surface area contributed by atoms with E-state index in [1.54, 1.807) is 0 Å². The number of thiophene rings is 1. The molecule has 0 amide bonds. The minimum atomic E-state index is 0.291. The molecule has 0 spiro atoms. The van der Waals surface area contributed by atoms with Crippen LogP contribution in [-0.2, 0) is 0 Å². The molecular formula is C15H20N2S. The van der Waals surface area contributed by atoms with E-state index in [9.17, 15) is 0 Å². The van der Waals surface area contributed by atoms with E-state index in [-0.39, 0.29) is 0 Å². The molecule has 2 heterocycles. The fraction of sp³-hybridized carbons (Fsp3) is 0.400. The fourth-order valence-corrected chi connectivity index (χ4v) is 2.92. The lowest BCUT2D eigenvalue weighted by Gasteiger charge is -2.21. The first-order chi connectivity index (χ1) is 8.74. The van der Waals surface area contributed by atoms with E-state index in [1.807, 2.05) is 23.7 Å². The first kappa shape index (κ1) is 13.2. The number of hydrogen-bond donors (Lipinski definition) is 1. The van der Waals surface area contributed by atoms with Crippen molar-refractivity contribution in [3.8, 4) is 0 Å². The number of nitrogens with zero attached hydrogens (tertiary/aromatic N) is 1. The largest absolute Gasteiger partial charge is 0.306 e. The molecule has 0 fully saturated rings. The van der Waals surface area contributed by atoms with E-state index in [0.29, 0.717) is 6.04 Å². The van der Waals surface area contributed by atoms with Gasteiger partial charge in [-0.2, -0.15) is 0 Å². The number of pyridine rings is 1. The third kappa shape index (κ3) is 2.79. The van der Waals surface area contributed by atoms with Crippen molar-refractivity contribution >= 4 is 11.3 Å². The average Bonchev–Trinajstić information content (AvgIpc) is 2.78. The van der Waals surface area contributed by atoms with Crippen LogP contribution in [0.3, 0.4) is 0 Å².